The second kappa shape index (κ2) is 8.84. The van der Waals surface area contributed by atoms with Crippen LogP contribution in [0.3, 0.4) is 0 Å². The number of aliphatic hydroxyl groups is 2. The highest BCUT2D eigenvalue weighted by atomic mass is 16.4. The Kier molecular flexibility index (Phi) is 7.91. The molecule has 118 valence electrons. The van der Waals surface area contributed by atoms with Gasteiger partial charge in [-0.25, -0.2) is 0 Å². The van der Waals surface area contributed by atoms with E-state index >= 15 is 0 Å². The van der Waals surface area contributed by atoms with E-state index in [0.29, 0.717) is 16.8 Å². The molecule has 1 aromatic rings. The van der Waals surface area contributed by atoms with Gasteiger partial charge in [-0.15, -0.1) is 0 Å². The zero-order valence-corrected chi connectivity index (χ0v) is 11.4. The summed E-state index contributed by atoms with van der Waals surface area (Å²) in [5, 5.41) is 43.1. The van der Waals surface area contributed by atoms with Gasteiger partial charge in [0.05, 0.1) is 25.3 Å². The average molecular weight is 302 g/mol. The van der Waals surface area contributed by atoms with E-state index in [1.54, 1.807) is 6.92 Å². The molecule has 7 N–H and O–H groups in total. The Bertz CT molecular complexity index is 505. The second-order valence-corrected chi connectivity index (χ2v) is 4.05. The third kappa shape index (κ3) is 6.17. The highest BCUT2D eigenvalue weighted by Gasteiger charge is 2.14. The Morgan fingerprint density at radius 3 is 2.19 bits per heavy atom. The number of carbonyl (C=O) groups is 2. The fourth-order valence-electron chi connectivity index (χ4n) is 1.27. The molecule has 0 bridgehead atoms. The standard InChI is InChI=1S/C8H11NO3.C4H7NO4/c1-5-8(12)7(4-11)6(3-10)2-9-5;5-2(4(8)9)1-3(6)7/h2,10-12H,3-4H2,1H3;2H,1,5H2,(H,6,7)(H,8,9)/t;2-/m.1/s1. The summed E-state index contributed by atoms with van der Waals surface area (Å²) in [5.41, 5.74) is 6.10. The maximum absolute atomic E-state index is 9.85. The highest BCUT2D eigenvalue weighted by Crippen LogP contribution is 2.23. The van der Waals surface area contributed by atoms with Crippen molar-refractivity contribution < 1.29 is 35.1 Å². The molecule has 0 radical (unpaired) electrons. The number of hydrogen-bond donors (Lipinski definition) is 6. The van der Waals surface area contributed by atoms with Crippen molar-refractivity contribution in [1.29, 1.82) is 0 Å². The monoisotopic (exact) mass is 302 g/mol. The molecule has 9 nitrogen and oxygen atoms in total. The third-order valence-corrected chi connectivity index (χ3v) is 2.47. The van der Waals surface area contributed by atoms with E-state index in [9.17, 15) is 14.7 Å². The van der Waals surface area contributed by atoms with Crippen LogP contribution in [0.4, 0.5) is 0 Å². The van der Waals surface area contributed by atoms with Crippen molar-refractivity contribution in [3.8, 4) is 5.75 Å². The van der Waals surface area contributed by atoms with Crippen LogP contribution in [0.5, 0.6) is 5.75 Å². The SMILES string of the molecule is Cc1ncc(CO)c(CO)c1O.N[C@H](CC(=O)O)C(=O)O. The summed E-state index contributed by atoms with van der Waals surface area (Å²) in [6.07, 6.45) is 0.913. The van der Waals surface area contributed by atoms with Gasteiger partial charge in [0.15, 0.2) is 0 Å². The molecular weight excluding hydrogens is 284 g/mol. The van der Waals surface area contributed by atoms with Crippen molar-refractivity contribution in [3.63, 3.8) is 0 Å². The van der Waals surface area contributed by atoms with E-state index in [-0.39, 0.29) is 19.0 Å². The van der Waals surface area contributed by atoms with Crippen LogP contribution in [0, 0.1) is 6.92 Å². The number of aliphatic carboxylic acids is 2. The molecule has 1 heterocycles. The smallest absolute Gasteiger partial charge is 0.321 e. The van der Waals surface area contributed by atoms with Crippen LogP contribution in [0.25, 0.3) is 0 Å². The molecule has 9 heteroatoms. The van der Waals surface area contributed by atoms with E-state index < -0.39 is 24.4 Å². The Morgan fingerprint density at radius 2 is 1.86 bits per heavy atom. The minimum absolute atomic E-state index is 0.0379. The molecule has 0 spiro atoms. The molecule has 1 rings (SSSR count). The quantitative estimate of drug-likeness (QED) is 0.396. The van der Waals surface area contributed by atoms with Gasteiger partial charge in [0, 0.05) is 17.3 Å². The number of aromatic hydroxyl groups is 1. The van der Waals surface area contributed by atoms with Crippen LogP contribution < -0.4 is 5.73 Å². The van der Waals surface area contributed by atoms with Crippen LogP contribution in [-0.2, 0) is 22.8 Å². The van der Waals surface area contributed by atoms with Crippen LogP contribution in [0.1, 0.15) is 23.2 Å². The molecule has 0 saturated heterocycles. The maximum Gasteiger partial charge on any atom is 0.321 e. The number of carboxylic acid groups (broad SMARTS) is 2. The molecule has 0 saturated carbocycles. The lowest BCUT2D eigenvalue weighted by molar-refractivity contribution is -0.144. The van der Waals surface area contributed by atoms with Crippen molar-refractivity contribution in [2.45, 2.75) is 32.6 Å². The highest BCUT2D eigenvalue weighted by molar-refractivity contribution is 5.80. The van der Waals surface area contributed by atoms with Crippen LogP contribution >= 0.6 is 0 Å². The molecule has 0 aliphatic heterocycles. The van der Waals surface area contributed by atoms with Crippen molar-refractivity contribution >= 4 is 11.9 Å². The summed E-state index contributed by atoms with van der Waals surface area (Å²) in [7, 11) is 0. The van der Waals surface area contributed by atoms with Gasteiger partial charge >= 0.3 is 11.9 Å². The Morgan fingerprint density at radius 1 is 1.29 bits per heavy atom. The normalized spacial score (nSPS) is 11.2. The van der Waals surface area contributed by atoms with Gasteiger partial charge in [0.25, 0.3) is 0 Å². The molecule has 0 fully saturated rings. The Labute approximate surface area is 120 Å². The summed E-state index contributed by atoms with van der Waals surface area (Å²) < 4.78 is 0. The molecule has 0 unspecified atom stereocenters. The molecule has 1 atom stereocenters. The lowest BCUT2D eigenvalue weighted by Crippen LogP contribution is -2.32. The van der Waals surface area contributed by atoms with Crippen molar-refractivity contribution in [3.05, 3.63) is 23.0 Å². The van der Waals surface area contributed by atoms with Crippen LogP contribution in [0.2, 0.25) is 0 Å². The number of rotatable bonds is 5. The van der Waals surface area contributed by atoms with Gasteiger partial charge < -0.3 is 31.3 Å². The van der Waals surface area contributed by atoms with Crippen LogP contribution in [0.15, 0.2) is 6.20 Å². The van der Waals surface area contributed by atoms with Crippen molar-refractivity contribution in [2.75, 3.05) is 0 Å². The molecule has 0 amide bonds. The molecule has 0 aromatic carbocycles. The predicted molar refractivity (Wildman–Crippen MR) is 70.3 cm³/mol. The summed E-state index contributed by atoms with van der Waals surface area (Å²) >= 11 is 0. The fourth-order valence-corrected chi connectivity index (χ4v) is 1.27. The predicted octanol–water partition coefficient (Wildman–Crippen LogP) is -1.05. The van der Waals surface area contributed by atoms with Gasteiger partial charge in [0.1, 0.15) is 11.8 Å². The number of aliphatic hydroxyl groups excluding tert-OH is 2. The molecule has 0 aliphatic rings. The lowest BCUT2D eigenvalue weighted by atomic mass is 10.1. The van der Waals surface area contributed by atoms with E-state index in [2.05, 4.69) is 4.98 Å². The number of nitrogens with two attached hydrogens (primary N) is 1. The van der Waals surface area contributed by atoms with E-state index in [1.165, 1.54) is 6.20 Å². The lowest BCUT2D eigenvalue weighted by Gasteiger charge is -2.07. The maximum atomic E-state index is 9.85. The fraction of sp³-hybridized carbons (Fsp3) is 0.417. The summed E-state index contributed by atoms with van der Waals surface area (Å²) in [5.74, 6) is -2.54. The van der Waals surface area contributed by atoms with E-state index in [4.69, 9.17) is 26.2 Å². The topological polar surface area (TPSA) is 174 Å². The molecular formula is C12H18N2O7. The first-order valence-corrected chi connectivity index (χ1v) is 5.82. The number of aryl methyl sites for hydroxylation is 1. The molecule has 1 aromatic heterocycles. The summed E-state index contributed by atoms with van der Waals surface area (Å²) in [6.45, 7) is 1.12. The minimum atomic E-state index is -1.29. The largest absolute Gasteiger partial charge is 0.506 e. The Balaban J connectivity index is 0.000000400. The van der Waals surface area contributed by atoms with Crippen molar-refractivity contribution in [2.24, 2.45) is 5.73 Å². The third-order valence-electron chi connectivity index (χ3n) is 2.47. The zero-order valence-electron chi connectivity index (χ0n) is 11.4. The molecule has 21 heavy (non-hydrogen) atoms. The van der Waals surface area contributed by atoms with Gasteiger partial charge in [-0.3, -0.25) is 14.6 Å². The van der Waals surface area contributed by atoms with Gasteiger partial charge in [-0.05, 0) is 6.92 Å². The van der Waals surface area contributed by atoms with Crippen molar-refractivity contribution in [1.82, 2.24) is 4.98 Å². The number of pyridine rings is 1. The second-order valence-electron chi connectivity index (χ2n) is 4.05. The van der Waals surface area contributed by atoms with E-state index in [0.717, 1.165) is 0 Å². The first kappa shape index (κ1) is 18.8. The number of carboxylic acids is 2. The number of aromatic nitrogens is 1. The average Bonchev–Trinajstić information content (AvgIpc) is 2.41. The van der Waals surface area contributed by atoms with Crippen LogP contribution in [-0.4, -0.2) is 48.5 Å². The van der Waals surface area contributed by atoms with Gasteiger partial charge in [-0.1, -0.05) is 0 Å². The zero-order chi connectivity index (χ0) is 16.6. The van der Waals surface area contributed by atoms with Gasteiger partial charge in [0.2, 0.25) is 0 Å². The first-order valence-electron chi connectivity index (χ1n) is 5.82. The van der Waals surface area contributed by atoms with E-state index in [1.807, 2.05) is 0 Å². The van der Waals surface area contributed by atoms with Gasteiger partial charge in [-0.2, -0.15) is 0 Å². The Hall–Kier alpha value is -2.23. The number of hydrogen-bond acceptors (Lipinski definition) is 7. The minimum Gasteiger partial charge on any atom is -0.506 e. The molecule has 0 aliphatic carbocycles. The number of nitrogens with zero attached hydrogens (tertiary/aromatic N) is 1. The summed E-state index contributed by atoms with van der Waals surface area (Å²) in [6, 6.07) is -1.29. The summed E-state index contributed by atoms with van der Waals surface area (Å²) in [4.78, 5) is 23.5. The first-order chi connectivity index (χ1) is 9.74.